The number of carboxylic acid groups (broad SMARTS) is 2. The molecule has 3 amide bonds. The zero-order valence-corrected chi connectivity index (χ0v) is 24.7. The Morgan fingerprint density at radius 1 is 0.933 bits per heavy atom. The average Bonchev–Trinajstić information content (AvgIpc) is 2.94. The Hall–Kier alpha value is -4.29. The van der Waals surface area contributed by atoms with Crippen molar-refractivity contribution in [3.8, 4) is 5.75 Å². The number of amides is 3. The van der Waals surface area contributed by atoms with Crippen LogP contribution in [0.25, 0.3) is 0 Å². The van der Waals surface area contributed by atoms with E-state index in [0.717, 1.165) is 0 Å². The number of hydrogen-bond acceptors (Lipinski definition) is 10. The summed E-state index contributed by atoms with van der Waals surface area (Å²) >= 11 is 0. The minimum absolute atomic E-state index is 0.0682. The fraction of sp³-hybridized carbons (Fsp3) is 0.556. The summed E-state index contributed by atoms with van der Waals surface area (Å²) in [5.74, 6) is -7.50. The van der Waals surface area contributed by atoms with Gasteiger partial charge in [0.25, 0.3) is 0 Å². The monoisotopic (exact) mass is 648 g/mol. The first-order chi connectivity index (χ1) is 21.0. The molecule has 1 aromatic carbocycles. The molecule has 252 valence electrons. The summed E-state index contributed by atoms with van der Waals surface area (Å²) in [6.45, 7) is 3.41. The second-order valence-corrected chi connectivity index (χ2v) is 10.1. The van der Waals surface area contributed by atoms with E-state index in [1.54, 1.807) is 5.32 Å². The van der Waals surface area contributed by atoms with Crippen molar-refractivity contribution in [1.29, 1.82) is 0 Å². The van der Waals surface area contributed by atoms with Gasteiger partial charge in [0.2, 0.25) is 11.8 Å². The van der Waals surface area contributed by atoms with Crippen LogP contribution in [0.2, 0.25) is 0 Å². The molecule has 0 unspecified atom stereocenters. The fourth-order valence-corrected chi connectivity index (χ4v) is 3.73. The van der Waals surface area contributed by atoms with Gasteiger partial charge < -0.3 is 47.3 Å². The molecule has 0 aliphatic heterocycles. The second-order valence-electron chi connectivity index (χ2n) is 10.1. The molecule has 0 bridgehead atoms. The van der Waals surface area contributed by atoms with E-state index >= 15 is 0 Å². The van der Waals surface area contributed by atoms with Crippen molar-refractivity contribution < 1.29 is 56.9 Å². The summed E-state index contributed by atoms with van der Waals surface area (Å²) in [7, 11) is 0. The molecular formula is C27H39F3N6O9. The van der Waals surface area contributed by atoms with Crippen molar-refractivity contribution in [2.45, 2.75) is 57.4 Å². The van der Waals surface area contributed by atoms with Crippen molar-refractivity contribution in [3.63, 3.8) is 0 Å². The first-order valence-corrected chi connectivity index (χ1v) is 13.9. The molecule has 1 aromatic rings. The number of rotatable bonds is 20. The molecule has 45 heavy (non-hydrogen) atoms. The number of aliphatic carboxylic acids is 2. The second kappa shape index (κ2) is 19.2. The van der Waals surface area contributed by atoms with Gasteiger partial charge in [0.15, 0.2) is 0 Å². The largest absolute Gasteiger partial charge is 0.481 e. The molecule has 3 atom stereocenters. The number of carboxylic acids is 2. The lowest BCUT2D eigenvalue weighted by Gasteiger charge is -2.21. The molecule has 1 rings (SSSR count). The summed E-state index contributed by atoms with van der Waals surface area (Å²) in [6, 6.07) is 2.06. The summed E-state index contributed by atoms with van der Waals surface area (Å²) in [6.07, 6.45) is -5.54. The first kappa shape index (κ1) is 38.7. The fourth-order valence-electron chi connectivity index (χ4n) is 3.73. The van der Waals surface area contributed by atoms with Crippen LogP contribution in [0.3, 0.4) is 0 Å². The quantitative estimate of drug-likeness (QED) is 0.0478. The van der Waals surface area contributed by atoms with Crippen molar-refractivity contribution in [3.05, 3.63) is 29.8 Å². The zero-order chi connectivity index (χ0) is 34.2. The van der Waals surface area contributed by atoms with E-state index in [0.29, 0.717) is 25.1 Å². The van der Waals surface area contributed by atoms with Crippen LogP contribution in [0.15, 0.2) is 24.3 Å². The standard InChI is InChI=1S/C27H39F3N6O9/c1-15(2)22(33-9-3-8-31)25(43)45-17-6-4-16(5-7-17)12-19(24(41)42)36-23(40)18(13-21(38)39)35-20(37)14-32-10-11-34-26(44)27(28,29)30/h4-7,15,18-19,22,32-33H,3,8-14,31H2,1-2H3,(H,34,44)(H,35,37)(H,36,40)(H,38,39)(H,41,42)/t18-,19+,22-/m0/s1. The van der Waals surface area contributed by atoms with Gasteiger partial charge >= 0.3 is 30.0 Å². The maximum absolute atomic E-state index is 12.8. The number of halogens is 3. The number of ether oxygens (including phenoxy) is 1. The van der Waals surface area contributed by atoms with Gasteiger partial charge in [-0.1, -0.05) is 26.0 Å². The lowest BCUT2D eigenvalue weighted by Crippen LogP contribution is -2.54. The smallest absolute Gasteiger partial charge is 0.471 e. The Labute approximate surface area is 256 Å². The van der Waals surface area contributed by atoms with Crippen LogP contribution in [0.4, 0.5) is 13.2 Å². The predicted molar refractivity (Wildman–Crippen MR) is 152 cm³/mol. The van der Waals surface area contributed by atoms with Gasteiger partial charge in [-0.15, -0.1) is 0 Å². The Morgan fingerprint density at radius 3 is 2.11 bits per heavy atom. The summed E-state index contributed by atoms with van der Waals surface area (Å²) in [5.41, 5.74) is 5.91. The van der Waals surface area contributed by atoms with Gasteiger partial charge in [0.1, 0.15) is 23.9 Å². The molecule has 0 spiro atoms. The highest BCUT2D eigenvalue weighted by molar-refractivity contribution is 5.93. The average molecular weight is 649 g/mol. The summed E-state index contributed by atoms with van der Waals surface area (Å²) in [5, 5.41) is 30.2. The molecule has 9 N–H and O–H groups in total. The third-order valence-corrected chi connectivity index (χ3v) is 6.02. The molecule has 0 aliphatic carbocycles. The Morgan fingerprint density at radius 2 is 1.58 bits per heavy atom. The molecule has 0 radical (unpaired) electrons. The normalized spacial score (nSPS) is 13.3. The highest BCUT2D eigenvalue weighted by atomic mass is 19.4. The van der Waals surface area contributed by atoms with Gasteiger partial charge in [-0.25, -0.2) is 9.59 Å². The predicted octanol–water partition coefficient (Wildman–Crippen LogP) is -1.11. The summed E-state index contributed by atoms with van der Waals surface area (Å²) < 4.78 is 42.0. The number of nitrogens with one attached hydrogen (secondary N) is 5. The van der Waals surface area contributed by atoms with Crippen molar-refractivity contribution in [2.75, 3.05) is 32.7 Å². The van der Waals surface area contributed by atoms with Crippen molar-refractivity contribution >= 4 is 35.6 Å². The number of carbonyl (C=O) groups is 6. The Balaban J connectivity index is 2.76. The Bertz CT molecular complexity index is 1170. The third kappa shape index (κ3) is 15.3. The van der Waals surface area contributed by atoms with E-state index in [2.05, 4.69) is 21.3 Å². The van der Waals surface area contributed by atoms with E-state index in [1.165, 1.54) is 24.3 Å². The number of esters is 1. The first-order valence-electron chi connectivity index (χ1n) is 13.9. The summed E-state index contributed by atoms with van der Waals surface area (Å²) in [4.78, 5) is 71.4. The van der Waals surface area contributed by atoms with Crippen LogP contribution < -0.4 is 37.1 Å². The molecule has 0 aromatic heterocycles. The molecule has 0 heterocycles. The molecule has 0 aliphatic rings. The molecular weight excluding hydrogens is 609 g/mol. The van der Waals surface area contributed by atoms with Crippen LogP contribution in [-0.2, 0) is 35.2 Å². The van der Waals surface area contributed by atoms with Gasteiger partial charge in [-0.2, -0.15) is 13.2 Å². The maximum atomic E-state index is 12.8. The van der Waals surface area contributed by atoms with Gasteiger partial charge in [0, 0.05) is 19.5 Å². The Kier molecular flexibility index (Phi) is 16.5. The van der Waals surface area contributed by atoms with E-state index in [9.17, 15) is 47.0 Å². The van der Waals surface area contributed by atoms with Gasteiger partial charge in [-0.3, -0.25) is 19.2 Å². The molecule has 0 saturated carbocycles. The van der Waals surface area contributed by atoms with E-state index in [-0.39, 0.29) is 24.6 Å². The number of hydrogen-bond donors (Lipinski definition) is 8. The van der Waals surface area contributed by atoms with Crippen LogP contribution in [-0.4, -0.2) is 103 Å². The van der Waals surface area contributed by atoms with Crippen LogP contribution in [0.1, 0.15) is 32.3 Å². The molecule has 18 heteroatoms. The number of benzene rings is 1. The third-order valence-electron chi connectivity index (χ3n) is 6.02. The highest BCUT2D eigenvalue weighted by Crippen LogP contribution is 2.16. The van der Waals surface area contributed by atoms with E-state index < -0.39 is 79.4 Å². The van der Waals surface area contributed by atoms with E-state index in [1.807, 2.05) is 13.8 Å². The number of carbonyl (C=O) groups excluding carboxylic acids is 4. The van der Waals surface area contributed by atoms with Crippen molar-refractivity contribution in [1.82, 2.24) is 26.6 Å². The van der Waals surface area contributed by atoms with Crippen LogP contribution in [0.5, 0.6) is 5.75 Å². The van der Waals surface area contributed by atoms with E-state index in [4.69, 9.17) is 15.6 Å². The lowest BCUT2D eigenvalue weighted by molar-refractivity contribution is -0.173. The lowest BCUT2D eigenvalue weighted by atomic mass is 10.0. The number of nitrogens with two attached hydrogens (primary N) is 1. The molecule has 0 saturated heterocycles. The maximum Gasteiger partial charge on any atom is 0.471 e. The minimum atomic E-state index is -5.07. The minimum Gasteiger partial charge on any atom is -0.481 e. The topological polar surface area (TPSA) is 238 Å². The molecule has 0 fully saturated rings. The van der Waals surface area contributed by atoms with Crippen LogP contribution in [0, 0.1) is 5.92 Å². The zero-order valence-electron chi connectivity index (χ0n) is 24.7. The highest BCUT2D eigenvalue weighted by Gasteiger charge is 2.38. The molecule has 15 nitrogen and oxygen atoms in total. The van der Waals surface area contributed by atoms with Gasteiger partial charge in [-0.05, 0) is 43.1 Å². The SMILES string of the molecule is CC(C)[C@H](NCCCN)C(=O)Oc1ccc(C[C@@H](NC(=O)[C@H](CC(=O)O)NC(=O)CNCCNC(=O)C(F)(F)F)C(=O)O)cc1. The van der Waals surface area contributed by atoms with Crippen LogP contribution >= 0.6 is 0 Å². The van der Waals surface area contributed by atoms with Crippen molar-refractivity contribution in [2.24, 2.45) is 11.7 Å². The van der Waals surface area contributed by atoms with Gasteiger partial charge in [0.05, 0.1) is 13.0 Å². The number of alkyl halides is 3.